The van der Waals surface area contributed by atoms with Crippen molar-refractivity contribution in [2.45, 2.75) is 231 Å². The monoisotopic (exact) mass is 1130 g/mol. The van der Waals surface area contributed by atoms with Crippen LogP contribution >= 0.6 is 0 Å². The second kappa shape index (κ2) is 49.4. The van der Waals surface area contributed by atoms with Crippen LogP contribution in [0.3, 0.4) is 0 Å². The summed E-state index contributed by atoms with van der Waals surface area (Å²) in [4.78, 5) is 45.3. The molecule has 0 aliphatic carbocycles. The lowest BCUT2D eigenvalue weighted by Crippen LogP contribution is -2.48. The second-order valence-electron chi connectivity index (χ2n) is 21.0. The first-order valence-electron chi connectivity index (χ1n) is 29.8. The highest BCUT2D eigenvalue weighted by Crippen LogP contribution is 2.34. The molecule has 4 unspecified atom stereocenters. The van der Waals surface area contributed by atoms with Gasteiger partial charge in [-0.05, 0) is 151 Å². The number of nitrogens with one attached hydrogen (secondary N) is 1. The van der Waals surface area contributed by atoms with Crippen LogP contribution in [0.25, 0.3) is 12.2 Å². The summed E-state index contributed by atoms with van der Waals surface area (Å²) in [5.41, 5.74) is 0. The molecule has 0 bridgehead atoms. The molecule has 2 rings (SSSR count). The molecule has 1 aromatic rings. The first-order chi connectivity index (χ1) is 37.3. The maximum absolute atomic E-state index is 13.4. The minimum absolute atomic E-state index is 0.0232. The van der Waals surface area contributed by atoms with Crippen LogP contribution in [-0.4, -0.2) is 189 Å². The zero-order valence-electron chi connectivity index (χ0n) is 54.3. The second-order valence-corrected chi connectivity index (χ2v) is 21.0. The number of aliphatic hydroxyl groups excluding tert-OH is 2. The van der Waals surface area contributed by atoms with Crippen LogP contribution in [-0.2, 0) is 38.0 Å². The Morgan fingerprint density at radius 2 is 1.47 bits per heavy atom. The summed E-state index contributed by atoms with van der Waals surface area (Å²) in [5.74, 6) is -3.65. The number of aliphatic hydroxyl groups is 4. The summed E-state index contributed by atoms with van der Waals surface area (Å²) < 4.78 is 35.0. The fourth-order valence-electron chi connectivity index (χ4n) is 8.85. The molecule has 0 radical (unpaired) electrons. The van der Waals surface area contributed by atoms with E-state index in [-0.39, 0.29) is 85.9 Å². The molecule has 468 valence electrons. The number of amides is 2. The first kappa shape index (κ1) is 82.2. The van der Waals surface area contributed by atoms with Gasteiger partial charge >= 0.3 is 18.0 Å². The number of esters is 2. The van der Waals surface area contributed by atoms with Crippen molar-refractivity contribution in [3.63, 3.8) is 0 Å². The molecular formula is C62H122N4O13. The quantitative estimate of drug-likeness (QED) is 0.0361. The number of carbonyl (C=O) groups is 3. The minimum atomic E-state index is -2.16. The van der Waals surface area contributed by atoms with Crippen LogP contribution in [0.5, 0.6) is 0 Å². The van der Waals surface area contributed by atoms with Gasteiger partial charge in [0.05, 0.1) is 49.5 Å². The van der Waals surface area contributed by atoms with Gasteiger partial charge in [0.25, 0.3) is 0 Å². The van der Waals surface area contributed by atoms with Gasteiger partial charge < -0.3 is 68.9 Å². The van der Waals surface area contributed by atoms with E-state index in [1.807, 2.05) is 111 Å². The van der Waals surface area contributed by atoms with E-state index in [1.165, 1.54) is 6.92 Å². The van der Waals surface area contributed by atoms with Crippen molar-refractivity contribution in [3.8, 4) is 0 Å². The van der Waals surface area contributed by atoms with Crippen LogP contribution in [0.2, 0.25) is 0 Å². The zero-order valence-corrected chi connectivity index (χ0v) is 54.3. The highest BCUT2D eigenvalue weighted by atomic mass is 16.7. The molecule has 1 aliphatic rings. The predicted molar refractivity (Wildman–Crippen MR) is 324 cm³/mol. The number of ether oxygens (including phenoxy) is 6. The van der Waals surface area contributed by atoms with E-state index in [0.29, 0.717) is 19.7 Å². The lowest BCUT2D eigenvalue weighted by atomic mass is 9.80. The van der Waals surface area contributed by atoms with Gasteiger partial charge in [0, 0.05) is 65.5 Å². The number of carbonyl (C=O) groups excluding carboxylic acids is 3. The Hall–Kier alpha value is -3.23. The molecule has 1 heterocycles. The molecule has 2 amide bonds. The molecule has 11 atom stereocenters. The van der Waals surface area contributed by atoms with E-state index in [2.05, 4.69) is 51.8 Å². The fourth-order valence-corrected chi connectivity index (χ4v) is 8.85. The van der Waals surface area contributed by atoms with Gasteiger partial charge in [-0.3, -0.25) is 9.59 Å². The Labute approximate surface area is 482 Å². The summed E-state index contributed by atoms with van der Waals surface area (Å²) in [7, 11) is 8.58. The summed E-state index contributed by atoms with van der Waals surface area (Å²) in [6.07, 6.45) is 7.15. The summed E-state index contributed by atoms with van der Waals surface area (Å²) in [6, 6.07) is 8.06. The van der Waals surface area contributed by atoms with Gasteiger partial charge in [0.1, 0.15) is 0 Å². The number of nitrogens with zero attached hydrogens (tertiary/aromatic N) is 3. The standard InChI is InChI=1S/C47H81N3O10.C7H16O2.C3H9N.2C2H6.CH4O/c1-13-38-21-16-17-22-39(38)24-26-48-46(53)49(29-25-41(51)57-15-3)27-19-28-50(32(4)5)31-33(6)30-34(7)43(60-42-23-18-20-35(8)58-42)36(9)44(56-12)37(10)45(52)59-40(14-2)47(11,54)55;1-4-5-9-7(3)6(2)8;1-4(2)3;3*1-2/h13,16-17,21-22,24,32-37,40,42-44,54-55H,14-15,18-20,23,25-31H2,1-12H3,(H,48,53);6-8H,4-5H2,1-3H3;1-3H3;2*1-2H3;2H,1H3/b38-13-,39-24-;;;;;/t33-,34+,35?,36-,37?,40-,42?,43+,44+;6-,7?;;;;/m11..../s1. The van der Waals surface area contributed by atoms with Crippen LogP contribution in [0.1, 0.15) is 176 Å². The van der Waals surface area contributed by atoms with Crippen LogP contribution < -0.4 is 15.8 Å². The van der Waals surface area contributed by atoms with Gasteiger partial charge in [-0.25, -0.2) is 4.79 Å². The van der Waals surface area contributed by atoms with Crippen molar-refractivity contribution in [1.29, 1.82) is 0 Å². The van der Waals surface area contributed by atoms with E-state index in [0.717, 1.165) is 75.8 Å². The van der Waals surface area contributed by atoms with E-state index in [1.54, 1.807) is 39.7 Å². The highest BCUT2D eigenvalue weighted by Gasteiger charge is 2.41. The van der Waals surface area contributed by atoms with Gasteiger partial charge in [-0.15, -0.1) is 0 Å². The highest BCUT2D eigenvalue weighted by molar-refractivity contribution is 5.76. The lowest BCUT2D eigenvalue weighted by molar-refractivity contribution is -0.240. The number of benzene rings is 1. The Kier molecular flexibility index (Phi) is 51.4. The van der Waals surface area contributed by atoms with Crippen LogP contribution in [0.15, 0.2) is 24.3 Å². The third-order valence-electron chi connectivity index (χ3n) is 13.0. The van der Waals surface area contributed by atoms with E-state index >= 15 is 0 Å². The average Bonchev–Trinajstić information content (AvgIpc) is 3.40. The predicted octanol–water partition coefficient (Wildman–Crippen LogP) is 8.63. The number of hydrogen-bond acceptors (Lipinski definition) is 15. The molecule has 1 aromatic carbocycles. The molecule has 17 nitrogen and oxygen atoms in total. The van der Waals surface area contributed by atoms with E-state index in [9.17, 15) is 24.6 Å². The van der Waals surface area contributed by atoms with Gasteiger partial charge in [0.15, 0.2) is 18.2 Å². The molecule has 1 saturated heterocycles. The number of hydrogen-bond donors (Lipinski definition) is 5. The number of urea groups is 1. The lowest BCUT2D eigenvalue weighted by Gasteiger charge is -2.40. The molecule has 79 heavy (non-hydrogen) atoms. The van der Waals surface area contributed by atoms with E-state index in [4.69, 9.17) is 38.6 Å². The van der Waals surface area contributed by atoms with Crippen molar-refractivity contribution >= 4 is 30.1 Å². The van der Waals surface area contributed by atoms with Crippen LogP contribution in [0, 0.1) is 23.7 Å². The smallest absolute Gasteiger partial charge is 0.317 e. The van der Waals surface area contributed by atoms with Crippen molar-refractivity contribution in [2.24, 2.45) is 23.7 Å². The van der Waals surface area contributed by atoms with Crippen molar-refractivity contribution < 1.29 is 63.2 Å². The Bertz CT molecular complexity index is 1740. The molecule has 17 heteroatoms. The summed E-state index contributed by atoms with van der Waals surface area (Å²) in [5, 5.41) is 41.4. The molecule has 0 spiro atoms. The normalized spacial score (nSPS) is 18.1. The van der Waals surface area contributed by atoms with Gasteiger partial charge in [0.2, 0.25) is 0 Å². The average molecular weight is 1130 g/mol. The summed E-state index contributed by atoms with van der Waals surface area (Å²) >= 11 is 0. The zero-order chi connectivity index (χ0) is 61.8. The Balaban J connectivity index is -0.00000128. The molecule has 5 N–H and O–H groups in total. The molecule has 1 fully saturated rings. The minimum Gasteiger partial charge on any atom is -0.466 e. The summed E-state index contributed by atoms with van der Waals surface area (Å²) in [6.45, 7) is 38.8. The fraction of sp³-hybridized carbons (Fsp3) is 0.823. The molecular weight excluding hydrogens is 1010 g/mol. The Morgan fingerprint density at radius 1 is 0.886 bits per heavy atom. The number of methoxy groups -OCH3 is 1. The van der Waals surface area contributed by atoms with Gasteiger partial charge in [-0.2, -0.15) is 0 Å². The molecule has 0 aromatic heterocycles. The van der Waals surface area contributed by atoms with E-state index < -0.39 is 29.9 Å². The third-order valence-corrected chi connectivity index (χ3v) is 13.0. The third kappa shape index (κ3) is 38.2. The first-order valence-corrected chi connectivity index (χ1v) is 29.8. The topological polar surface area (TPSA) is 209 Å². The molecule has 0 saturated carbocycles. The van der Waals surface area contributed by atoms with Crippen molar-refractivity contribution in [2.75, 3.05) is 81.3 Å². The van der Waals surface area contributed by atoms with Crippen LogP contribution in [0.4, 0.5) is 4.79 Å². The van der Waals surface area contributed by atoms with Crippen molar-refractivity contribution in [3.05, 3.63) is 34.7 Å². The molecule has 1 aliphatic heterocycles. The number of rotatable bonds is 30. The Morgan fingerprint density at radius 3 is 1.95 bits per heavy atom. The SMILES string of the molecule is C/C=c1/cccc/c1=C/CNC(=O)N(CCCN(C[C@H](C)C[C@H](C)[C@H](OC1CCCC(C)O1)[C@@H](C)[C@H](OC)C(C)C(=O)O[C@H](CC)C(C)(O)O)C(C)C)CCC(=O)OCC.CC.CC.CCCOC(C)[C@@H](C)O.CN(C)C.CO. The maximum atomic E-state index is 13.4. The largest absolute Gasteiger partial charge is 0.466 e. The van der Waals surface area contributed by atoms with Gasteiger partial charge in [-0.1, -0.05) is 98.7 Å². The maximum Gasteiger partial charge on any atom is 0.317 e. The van der Waals surface area contributed by atoms with Crippen molar-refractivity contribution in [1.82, 2.24) is 20.0 Å².